The van der Waals surface area contributed by atoms with Gasteiger partial charge in [-0.15, -0.1) is 0 Å². The van der Waals surface area contributed by atoms with E-state index in [4.69, 9.17) is 33.9 Å². The third-order valence-corrected chi connectivity index (χ3v) is 14.0. The lowest BCUT2D eigenvalue weighted by Crippen LogP contribution is -2.51. The molecule has 0 aromatic rings. The molecule has 52 heavy (non-hydrogen) atoms. The van der Waals surface area contributed by atoms with E-state index in [1.165, 1.54) is 6.42 Å². The highest BCUT2D eigenvalue weighted by Crippen LogP contribution is 2.68. The van der Waals surface area contributed by atoms with E-state index >= 15 is 0 Å². The Hall–Kier alpha value is -3.20. The van der Waals surface area contributed by atoms with Gasteiger partial charge < -0.3 is 44.8 Å². The van der Waals surface area contributed by atoms with Crippen molar-refractivity contribution in [2.75, 3.05) is 13.2 Å². The number of ether oxygens (including phenoxy) is 5. The van der Waals surface area contributed by atoms with Gasteiger partial charge in [0.2, 0.25) is 0 Å². The van der Waals surface area contributed by atoms with Crippen molar-refractivity contribution >= 4 is 23.9 Å². The van der Waals surface area contributed by atoms with Gasteiger partial charge in [0.05, 0.1) is 73.5 Å². The SMILES string of the molecule is CCCOC(=O)C1C(C#CC(=O)O)C2OC1C1C3CC(C(C)C3C)C21.CCCOC(=O)C1C(C#CC(=O)O)C2OC1C1C3OC(C(C)C3C)C21.O.O. The first-order valence-electron chi connectivity index (χ1n) is 18.7. The number of rotatable bonds is 6. The van der Waals surface area contributed by atoms with Crippen LogP contribution >= 0.6 is 0 Å². The van der Waals surface area contributed by atoms with Gasteiger partial charge in [0.25, 0.3) is 0 Å². The molecule has 0 radical (unpaired) electrons. The fraction of sp³-hybridized carbons (Fsp3) is 0.795. The fourth-order valence-electron chi connectivity index (χ4n) is 11.8. The number of carboxylic acids is 2. The Morgan fingerprint density at radius 3 is 1.37 bits per heavy atom. The lowest BCUT2D eigenvalue weighted by molar-refractivity contribution is -0.153. The summed E-state index contributed by atoms with van der Waals surface area (Å²) >= 11 is 0. The van der Waals surface area contributed by atoms with E-state index in [0.29, 0.717) is 60.6 Å². The van der Waals surface area contributed by atoms with Crippen LogP contribution in [0.2, 0.25) is 0 Å². The average Bonchev–Trinajstić information content (AvgIpc) is 3.94. The largest absolute Gasteiger partial charge is 0.472 e. The Bertz CT molecular complexity index is 1410. The maximum atomic E-state index is 12.7. The first-order chi connectivity index (χ1) is 23.9. The molecular formula is C39H54O13. The monoisotopic (exact) mass is 730 g/mol. The second kappa shape index (κ2) is 15.3. The number of aliphatic carboxylic acids is 2. The quantitative estimate of drug-likeness (QED) is 0.297. The predicted octanol–water partition coefficient (Wildman–Crippen LogP) is 1.87. The molecule has 6 aliphatic heterocycles. The summed E-state index contributed by atoms with van der Waals surface area (Å²) in [7, 11) is 0. The van der Waals surface area contributed by atoms with Gasteiger partial charge in [0.15, 0.2) is 0 Å². The number of fused-ring (bicyclic) bond motifs is 18. The zero-order valence-electron chi connectivity index (χ0n) is 30.7. The van der Waals surface area contributed by atoms with Gasteiger partial charge in [-0.1, -0.05) is 53.4 Å². The summed E-state index contributed by atoms with van der Waals surface area (Å²) in [5, 5.41) is 17.9. The first kappa shape index (κ1) is 40.0. The molecule has 0 aromatic heterocycles. The standard InChI is InChI=1S/C20H26O5.C19H24O6.2H2O/c1-4-7-24-20(23)17-11(5-6-14(21)22)18-15-12-8-13(10(3)9(12)2)16(15)19(17)25-18;1-4-7-23-19(22)12-10(5-6-11(20)21)17-13-14(18(12)25-17)16-9(3)8(2)15(13)24-16;;/h9-13,15-19H,4,7-8H2,1-3H3,(H,21,22);8-10,12-18H,4,7H2,1-3H3,(H,20,21);2*1H2. The van der Waals surface area contributed by atoms with Crippen molar-refractivity contribution in [1.82, 2.24) is 0 Å². The van der Waals surface area contributed by atoms with Gasteiger partial charge in [-0.25, -0.2) is 9.59 Å². The molecule has 8 fully saturated rings. The molecular weight excluding hydrogens is 676 g/mol. The lowest BCUT2D eigenvalue weighted by Gasteiger charge is -2.42. The average molecular weight is 731 g/mol. The van der Waals surface area contributed by atoms with Gasteiger partial charge in [-0.3, -0.25) is 9.59 Å². The van der Waals surface area contributed by atoms with Crippen LogP contribution in [-0.2, 0) is 42.9 Å². The Morgan fingerprint density at radius 1 is 0.577 bits per heavy atom. The van der Waals surface area contributed by atoms with Crippen LogP contribution in [0.15, 0.2) is 0 Å². The third-order valence-electron chi connectivity index (χ3n) is 14.0. The van der Waals surface area contributed by atoms with Crippen LogP contribution in [0.1, 0.15) is 60.8 Å². The summed E-state index contributed by atoms with van der Waals surface area (Å²) in [4.78, 5) is 47.1. The normalized spacial score (nSPS) is 46.9. The number of hydrogen-bond acceptors (Lipinski definition) is 9. The van der Waals surface area contributed by atoms with Gasteiger partial charge >= 0.3 is 23.9 Å². The summed E-state index contributed by atoms with van der Waals surface area (Å²) < 4.78 is 29.5. The maximum absolute atomic E-state index is 12.7. The fourth-order valence-corrected chi connectivity index (χ4v) is 11.8. The summed E-state index contributed by atoms with van der Waals surface area (Å²) in [6.07, 6.45) is 2.14. The minimum atomic E-state index is -1.19. The van der Waals surface area contributed by atoms with Crippen molar-refractivity contribution in [2.24, 2.45) is 82.9 Å². The van der Waals surface area contributed by atoms with Crippen molar-refractivity contribution in [3.05, 3.63) is 0 Å². The molecule has 8 aliphatic rings. The van der Waals surface area contributed by atoms with Crippen LogP contribution in [0.3, 0.4) is 0 Å². The summed E-state index contributed by atoms with van der Waals surface area (Å²) in [5.74, 6) is 10.0. The summed E-state index contributed by atoms with van der Waals surface area (Å²) in [6, 6.07) is 0. The number of carbonyl (C=O) groups excluding carboxylic acids is 2. The van der Waals surface area contributed by atoms with E-state index in [9.17, 15) is 19.2 Å². The van der Waals surface area contributed by atoms with Crippen LogP contribution in [-0.4, -0.2) is 94.9 Å². The van der Waals surface area contributed by atoms with Crippen LogP contribution < -0.4 is 0 Å². The number of carboxylic acid groups (broad SMARTS) is 2. The van der Waals surface area contributed by atoms with E-state index in [1.807, 2.05) is 13.8 Å². The molecule has 2 aliphatic carbocycles. The predicted molar refractivity (Wildman–Crippen MR) is 183 cm³/mol. The minimum absolute atomic E-state index is 0. The van der Waals surface area contributed by atoms with E-state index in [2.05, 4.69) is 51.4 Å². The third kappa shape index (κ3) is 6.11. The van der Waals surface area contributed by atoms with E-state index < -0.39 is 29.7 Å². The molecule has 0 amide bonds. The number of hydrogen-bond donors (Lipinski definition) is 2. The Morgan fingerprint density at radius 2 is 0.942 bits per heavy atom. The lowest BCUT2D eigenvalue weighted by atomic mass is 9.59. The highest BCUT2D eigenvalue weighted by molar-refractivity contribution is 5.87. The second-order valence-corrected chi connectivity index (χ2v) is 16.1. The first-order valence-corrected chi connectivity index (χ1v) is 18.7. The van der Waals surface area contributed by atoms with Crippen LogP contribution in [0, 0.1) is 107 Å². The molecule has 13 heteroatoms. The van der Waals surface area contributed by atoms with Crippen LogP contribution in [0.4, 0.5) is 0 Å². The molecule has 20 unspecified atom stereocenters. The Kier molecular flexibility index (Phi) is 11.7. The Balaban J connectivity index is 0.000000194. The molecule has 2 saturated carbocycles. The smallest absolute Gasteiger partial charge is 0.381 e. The van der Waals surface area contributed by atoms with Crippen molar-refractivity contribution in [2.45, 2.75) is 97.4 Å². The molecule has 0 aromatic carbocycles. The van der Waals surface area contributed by atoms with Crippen LogP contribution in [0.25, 0.3) is 0 Å². The molecule has 8 rings (SSSR count). The van der Waals surface area contributed by atoms with E-state index in [1.54, 1.807) is 0 Å². The van der Waals surface area contributed by atoms with E-state index in [0.717, 1.165) is 12.8 Å². The van der Waals surface area contributed by atoms with Gasteiger partial charge in [0.1, 0.15) is 0 Å². The Labute approximate surface area is 304 Å². The highest BCUT2D eigenvalue weighted by Gasteiger charge is 2.73. The van der Waals surface area contributed by atoms with Crippen LogP contribution in [0.5, 0.6) is 0 Å². The molecule has 6 heterocycles. The molecule has 8 bridgehead atoms. The molecule has 0 spiro atoms. The zero-order chi connectivity index (χ0) is 35.8. The van der Waals surface area contributed by atoms with Gasteiger partial charge in [-0.05, 0) is 66.6 Å². The molecule has 288 valence electrons. The van der Waals surface area contributed by atoms with Gasteiger partial charge in [-0.2, -0.15) is 0 Å². The molecule has 13 nitrogen and oxygen atoms in total. The van der Waals surface area contributed by atoms with E-state index in [-0.39, 0.29) is 77.3 Å². The summed E-state index contributed by atoms with van der Waals surface area (Å²) in [5.41, 5.74) is 0. The highest BCUT2D eigenvalue weighted by atomic mass is 16.6. The molecule has 6 saturated heterocycles. The minimum Gasteiger partial charge on any atom is -0.472 e. The second-order valence-electron chi connectivity index (χ2n) is 16.1. The van der Waals surface area contributed by atoms with Crippen molar-refractivity contribution < 1.29 is 64.0 Å². The number of carbonyl (C=O) groups is 4. The zero-order valence-corrected chi connectivity index (χ0v) is 30.7. The van der Waals surface area contributed by atoms with Gasteiger partial charge in [0, 0.05) is 23.7 Å². The summed E-state index contributed by atoms with van der Waals surface area (Å²) in [6.45, 7) is 13.7. The topological polar surface area (TPSA) is 218 Å². The van der Waals surface area contributed by atoms with Crippen molar-refractivity contribution in [3.63, 3.8) is 0 Å². The van der Waals surface area contributed by atoms with Crippen molar-refractivity contribution in [1.29, 1.82) is 0 Å². The van der Waals surface area contributed by atoms with Crippen molar-refractivity contribution in [3.8, 4) is 23.7 Å². The number of esters is 2. The maximum Gasteiger partial charge on any atom is 0.381 e. The molecule has 6 N–H and O–H groups in total. The molecule has 20 atom stereocenters.